The number of hydrogen-bond acceptors (Lipinski definition) is 7. The normalized spacial score (nSPS) is 24.4. The van der Waals surface area contributed by atoms with Gasteiger partial charge < -0.3 is 24.6 Å². The first-order valence-electron chi connectivity index (χ1n) is 12.7. The molecule has 0 radical (unpaired) electrons. The number of methoxy groups -OCH3 is 2. The fraction of sp³-hybridized carbons (Fsp3) is 0.519. The van der Waals surface area contributed by atoms with Crippen molar-refractivity contribution in [3.8, 4) is 0 Å². The molecule has 2 fully saturated rings. The van der Waals surface area contributed by atoms with Crippen LogP contribution >= 0.6 is 11.6 Å². The van der Waals surface area contributed by atoms with Crippen LogP contribution in [0, 0.1) is 29.3 Å². The third kappa shape index (κ3) is 6.17. The number of fused-ring (bicyclic) bond motifs is 2. The minimum atomic E-state index is -4.04. The molecule has 2 bridgehead atoms. The number of nitrogens with one attached hydrogen (secondary N) is 1. The van der Waals surface area contributed by atoms with E-state index in [4.69, 9.17) is 25.8 Å². The predicted octanol–water partition coefficient (Wildman–Crippen LogP) is 4.38. The molecule has 2 aliphatic carbocycles. The Balaban J connectivity index is 1.51. The van der Waals surface area contributed by atoms with E-state index in [2.05, 4.69) is 5.32 Å². The minimum Gasteiger partial charge on any atom is -0.387 e. The number of aliphatic hydroxyl groups is 1. The number of benzene rings is 2. The molecule has 0 spiro atoms. The van der Waals surface area contributed by atoms with E-state index < -0.39 is 44.0 Å². The van der Waals surface area contributed by atoms with Crippen molar-refractivity contribution >= 4 is 33.0 Å². The maximum atomic E-state index is 13.7. The van der Waals surface area contributed by atoms with Gasteiger partial charge in [-0.2, -0.15) is 0 Å². The Hall–Kier alpha value is -2.22. The average molecular weight is 606 g/mol. The van der Waals surface area contributed by atoms with E-state index >= 15 is 0 Å². The van der Waals surface area contributed by atoms with Gasteiger partial charge in [-0.05, 0) is 55.7 Å². The summed E-state index contributed by atoms with van der Waals surface area (Å²) in [6.45, 7) is 0.584. The first kappa shape index (κ1) is 30.7. The van der Waals surface area contributed by atoms with E-state index in [-0.39, 0.29) is 71.8 Å². The number of carbonyl (C=O) groups is 1. The van der Waals surface area contributed by atoms with Gasteiger partial charge in [-0.3, -0.25) is 4.79 Å². The van der Waals surface area contributed by atoms with Gasteiger partial charge in [-0.1, -0.05) is 11.6 Å². The SMILES string of the molecule is COCC(COC)OC[C@@]1(O)C2CC[C@H]1C[C@H](S(=O)(=O)c1cc(C(=O)Nc3cc(F)c(F)c(F)c3)ccc1Cl)C2. The lowest BCUT2D eigenvalue weighted by molar-refractivity contribution is -0.145. The van der Waals surface area contributed by atoms with Gasteiger partial charge in [0.05, 0.1) is 40.6 Å². The fourth-order valence-electron chi connectivity index (χ4n) is 5.74. The summed E-state index contributed by atoms with van der Waals surface area (Å²) < 4.78 is 84.0. The summed E-state index contributed by atoms with van der Waals surface area (Å²) in [6, 6.07) is 4.85. The summed E-state index contributed by atoms with van der Waals surface area (Å²) in [5, 5.41) is 12.8. The Morgan fingerprint density at radius 3 is 2.20 bits per heavy atom. The number of ether oxygens (including phenoxy) is 3. The van der Waals surface area contributed by atoms with Crippen molar-refractivity contribution in [1.82, 2.24) is 0 Å². The second-order valence-corrected chi connectivity index (χ2v) is 12.9. The van der Waals surface area contributed by atoms with Crippen LogP contribution in [0.15, 0.2) is 35.2 Å². The van der Waals surface area contributed by atoms with Gasteiger partial charge >= 0.3 is 0 Å². The quantitative estimate of drug-likeness (QED) is 0.366. The highest BCUT2D eigenvalue weighted by molar-refractivity contribution is 7.92. The third-order valence-corrected chi connectivity index (χ3v) is 10.5. The topological polar surface area (TPSA) is 111 Å². The van der Waals surface area contributed by atoms with Crippen molar-refractivity contribution in [2.45, 2.75) is 47.5 Å². The number of rotatable bonds is 11. The molecule has 2 saturated carbocycles. The van der Waals surface area contributed by atoms with Crippen molar-refractivity contribution in [1.29, 1.82) is 0 Å². The van der Waals surface area contributed by atoms with Gasteiger partial charge in [-0.15, -0.1) is 0 Å². The van der Waals surface area contributed by atoms with Crippen molar-refractivity contribution < 1.29 is 45.7 Å². The highest BCUT2D eigenvalue weighted by Crippen LogP contribution is 2.52. The van der Waals surface area contributed by atoms with Crippen LogP contribution in [-0.4, -0.2) is 70.4 Å². The Morgan fingerprint density at radius 1 is 1.07 bits per heavy atom. The first-order valence-corrected chi connectivity index (χ1v) is 14.6. The molecule has 1 unspecified atom stereocenters. The van der Waals surface area contributed by atoms with Crippen LogP contribution in [0.3, 0.4) is 0 Å². The molecule has 1 amide bonds. The van der Waals surface area contributed by atoms with Crippen molar-refractivity contribution in [3.63, 3.8) is 0 Å². The Kier molecular flexibility index (Phi) is 9.48. The monoisotopic (exact) mass is 605 g/mol. The summed E-state index contributed by atoms with van der Waals surface area (Å²) >= 11 is 6.27. The van der Waals surface area contributed by atoms with E-state index in [1.807, 2.05) is 0 Å². The lowest BCUT2D eigenvalue weighted by Gasteiger charge is -2.42. The molecule has 2 aromatic rings. The van der Waals surface area contributed by atoms with Crippen LogP contribution in [0.4, 0.5) is 18.9 Å². The van der Waals surface area contributed by atoms with E-state index in [0.29, 0.717) is 25.0 Å². The number of sulfone groups is 1. The number of anilines is 1. The van der Waals surface area contributed by atoms with E-state index in [1.165, 1.54) is 26.4 Å². The van der Waals surface area contributed by atoms with Gasteiger partial charge in [0, 0.05) is 37.6 Å². The van der Waals surface area contributed by atoms with Crippen LogP contribution in [-0.2, 0) is 24.0 Å². The number of halogens is 4. The Bertz CT molecular complexity index is 1320. The zero-order valence-electron chi connectivity index (χ0n) is 22.0. The van der Waals surface area contributed by atoms with Crippen LogP contribution in [0.5, 0.6) is 0 Å². The van der Waals surface area contributed by atoms with Gasteiger partial charge in [0.15, 0.2) is 27.3 Å². The summed E-state index contributed by atoms with van der Waals surface area (Å²) in [5.41, 5.74) is -1.67. The number of amides is 1. The third-order valence-electron chi connectivity index (χ3n) is 7.81. The Labute approximate surface area is 235 Å². The lowest BCUT2D eigenvalue weighted by atomic mass is 9.75. The molecular weight excluding hydrogens is 575 g/mol. The van der Waals surface area contributed by atoms with Crippen LogP contribution in [0.2, 0.25) is 5.02 Å². The molecule has 0 heterocycles. The Morgan fingerprint density at radius 2 is 1.65 bits per heavy atom. The lowest BCUT2D eigenvalue weighted by Crippen LogP contribution is -2.52. The molecule has 13 heteroatoms. The van der Waals surface area contributed by atoms with Gasteiger partial charge in [-0.25, -0.2) is 21.6 Å². The molecule has 0 saturated heterocycles. The van der Waals surface area contributed by atoms with E-state index in [0.717, 1.165) is 6.07 Å². The second kappa shape index (κ2) is 12.3. The van der Waals surface area contributed by atoms with Gasteiger partial charge in [0.25, 0.3) is 5.91 Å². The minimum absolute atomic E-state index is 0.0213. The zero-order chi connectivity index (χ0) is 29.2. The summed E-state index contributed by atoms with van der Waals surface area (Å²) in [5.74, 6) is -6.17. The van der Waals surface area contributed by atoms with E-state index in [9.17, 15) is 31.5 Å². The maximum Gasteiger partial charge on any atom is 0.255 e. The fourth-order valence-corrected chi connectivity index (χ4v) is 8.14. The zero-order valence-corrected chi connectivity index (χ0v) is 23.5. The first-order chi connectivity index (χ1) is 18.9. The molecular formula is C27H31ClF3NO7S. The summed E-state index contributed by atoms with van der Waals surface area (Å²) in [4.78, 5) is 12.5. The highest BCUT2D eigenvalue weighted by Gasteiger charge is 2.56. The molecule has 4 rings (SSSR count). The average Bonchev–Trinajstić information content (AvgIpc) is 3.06. The standard InChI is InChI=1S/C27H31ClF3NO7S/c1-37-12-19(13-38-2)39-14-27(34)16-4-5-17(27)9-20(8-16)40(35,36)24-7-15(3-6-21(24)28)26(33)32-18-10-22(29)25(31)23(30)11-18/h3,6-7,10-11,16-17,19-20,34H,4-5,8-9,12-14H2,1-2H3,(H,32,33)/t16-,17?,20-,27-/m0/s1. The predicted molar refractivity (Wildman–Crippen MR) is 141 cm³/mol. The number of hydrogen-bond donors (Lipinski definition) is 2. The van der Waals surface area contributed by atoms with Crippen LogP contribution in [0.25, 0.3) is 0 Å². The van der Waals surface area contributed by atoms with E-state index in [1.54, 1.807) is 0 Å². The van der Waals surface area contributed by atoms with Gasteiger partial charge in [0.2, 0.25) is 0 Å². The molecule has 0 aromatic heterocycles. The molecule has 220 valence electrons. The molecule has 4 atom stereocenters. The molecule has 2 aromatic carbocycles. The summed E-state index contributed by atoms with van der Waals surface area (Å²) in [7, 11) is -0.970. The van der Waals surface area contributed by atoms with Crippen LogP contribution < -0.4 is 5.32 Å². The van der Waals surface area contributed by atoms with Crippen molar-refractivity contribution in [2.24, 2.45) is 11.8 Å². The largest absolute Gasteiger partial charge is 0.387 e. The van der Waals surface area contributed by atoms with Gasteiger partial charge in [0.1, 0.15) is 6.10 Å². The number of carbonyl (C=O) groups excluding carboxylic acids is 1. The van der Waals surface area contributed by atoms with Crippen molar-refractivity contribution in [2.75, 3.05) is 39.4 Å². The maximum absolute atomic E-state index is 13.7. The molecule has 40 heavy (non-hydrogen) atoms. The second-order valence-electron chi connectivity index (χ2n) is 10.3. The molecule has 2 N–H and O–H groups in total. The summed E-state index contributed by atoms with van der Waals surface area (Å²) in [6.07, 6.45) is 1.25. The van der Waals surface area contributed by atoms with Crippen LogP contribution in [0.1, 0.15) is 36.0 Å². The molecule has 2 aliphatic rings. The smallest absolute Gasteiger partial charge is 0.255 e. The molecule has 0 aliphatic heterocycles. The van der Waals surface area contributed by atoms with Crippen molar-refractivity contribution in [3.05, 3.63) is 58.4 Å². The highest BCUT2D eigenvalue weighted by atomic mass is 35.5. The molecule has 8 nitrogen and oxygen atoms in total.